The maximum Gasteiger partial charge on any atom is 0.356 e. The summed E-state index contributed by atoms with van der Waals surface area (Å²) in [5, 5.41) is 18.2. The first-order chi connectivity index (χ1) is 9.40. The van der Waals surface area contributed by atoms with Crippen molar-refractivity contribution in [2.75, 3.05) is 18.0 Å². The summed E-state index contributed by atoms with van der Waals surface area (Å²) < 4.78 is 0. The molecule has 1 rings (SSSR count). The Bertz CT molecular complexity index is 522. The Morgan fingerprint density at radius 1 is 1.50 bits per heavy atom. The van der Waals surface area contributed by atoms with E-state index in [1.54, 1.807) is 13.1 Å². The standard InChI is InChI=1S/C14H20N4O2/c1-5-18(8-10(4)6-15)11-7-16-13(9(2)3)17-12(11)14(19)20/h7,9-10H,5,8H2,1-4H3,(H,19,20). The highest BCUT2D eigenvalue weighted by molar-refractivity contribution is 5.92. The summed E-state index contributed by atoms with van der Waals surface area (Å²) in [5.74, 6) is -0.695. The van der Waals surface area contributed by atoms with Crippen molar-refractivity contribution in [1.29, 1.82) is 5.26 Å². The molecule has 1 aromatic heterocycles. The number of rotatable bonds is 6. The van der Waals surface area contributed by atoms with E-state index in [0.717, 1.165) is 0 Å². The molecule has 0 spiro atoms. The van der Waals surface area contributed by atoms with Crippen LogP contribution in [-0.2, 0) is 0 Å². The Morgan fingerprint density at radius 2 is 2.15 bits per heavy atom. The quantitative estimate of drug-likeness (QED) is 0.857. The van der Waals surface area contributed by atoms with Crippen LogP contribution >= 0.6 is 0 Å². The third-order valence-electron chi connectivity index (χ3n) is 2.94. The highest BCUT2D eigenvalue weighted by Gasteiger charge is 2.20. The maximum atomic E-state index is 11.4. The topological polar surface area (TPSA) is 90.1 Å². The summed E-state index contributed by atoms with van der Waals surface area (Å²) in [6, 6.07) is 2.15. The molecule has 20 heavy (non-hydrogen) atoms. The predicted octanol–water partition coefficient (Wildman–Crippen LogP) is 2.28. The van der Waals surface area contributed by atoms with Gasteiger partial charge >= 0.3 is 5.97 Å². The van der Waals surface area contributed by atoms with Crippen LogP contribution in [0.15, 0.2) is 6.20 Å². The minimum absolute atomic E-state index is 0.00399. The molecule has 0 saturated carbocycles. The van der Waals surface area contributed by atoms with Crippen molar-refractivity contribution >= 4 is 11.7 Å². The van der Waals surface area contributed by atoms with Crippen molar-refractivity contribution in [3.8, 4) is 6.07 Å². The normalized spacial score (nSPS) is 12.0. The molecule has 1 N–H and O–H groups in total. The number of nitriles is 1. The van der Waals surface area contributed by atoms with Crippen LogP contribution in [0.4, 0.5) is 5.69 Å². The molecular formula is C14H20N4O2. The van der Waals surface area contributed by atoms with Crippen LogP contribution in [0.5, 0.6) is 0 Å². The van der Waals surface area contributed by atoms with Crippen LogP contribution in [0.1, 0.15) is 49.9 Å². The number of carboxylic acid groups (broad SMARTS) is 1. The molecule has 6 heteroatoms. The van der Waals surface area contributed by atoms with Crippen LogP contribution in [0.25, 0.3) is 0 Å². The Kier molecular flexibility index (Phi) is 5.44. The van der Waals surface area contributed by atoms with Crippen molar-refractivity contribution in [2.24, 2.45) is 5.92 Å². The highest BCUT2D eigenvalue weighted by atomic mass is 16.4. The van der Waals surface area contributed by atoms with E-state index in [9.17, 15) is 9.90 Å². The molecule has 0 radical (unpaired) electrons. The van der Waals surface area contributed by atoms with Gasteiger partial charge in [-0.1, -0.05) is 13.8 Å². The number of carbonyl (C=O) groups is 1. The number of aromatic nitrogens is 2. The molecule has 108 valence electrons. The Hall–Kier alpha value is -2.16. The van der Waals surface area contributed by atoms with Crippen molar-refractivity contribution in [2.45, 2.75) is 33.6 Å². The molecule has 0 aliphatic rings. The number of nitrogens with zero attached hydrogens (tertiary/aromatic N) is 4. The van der Waals surface area contributed by atoms with E-state index < -0.39 is 5.97 Å². The molecule has 1 heterocycles. The predicted molar refractivity (Wildman–Crippen MR) is 75.7 cm³/mol. The average molecular weight is 276 g/mol. The molecule has 0 saturated heterocycles. The summed E-state index contributed by atoms with van der Waals surface area (Å²) >= 11 is 0. The Labute approximate surface area is 119 Å². The summed E-state index contributed by atoms with van der Waals surface area (Å²) in [5.41, 5.74) is 0.460. The van der Waals surface area contributed by atoms with Crippen LogP contribution < -0.4 is 4.90 Å². The summed E-state index contributed by atoms with van der Waals surface area (Å²) in [4.78, 5) is 21.6. The van der Waals surface area contributed by atoms with Crippen LogP contribution in [-0.4, -0.2) is 34.1 Å². The minimum atomic E-state index is -1.08. The zero-order valence-electron chi connectivity index (χ0n) is 12.3. The second-order valence-electron chi connectivity index (χ2n) is 4.99. The molecule has 1 aromatic rings. The van der Waals surface area contributed by atoms with Gasteiger partial charge in [0.1, 0.15) is 5.82 Å². The summed E-state index contributed by atoms with van der Waals surface area (Å²) in [7, 11) is 0. The third-order valence-corrected chi connectivity index (χ3v) is 2.94. The van der Waals surface area contributed by atoms with Gasteiger partial charge in [0, 0.05) is 19.0 Å². The fourth-order valence-corrected chi connectivity index (χ4v) is 1.83. The van der Waals surface area contributed by atoms with E-state index in [-0.39, 0.29) is 17.5 Å². The number of aromatic carboxylic acids is 1. The van der Waals surface area contributed by atoms with Gasteiger partial charge in [-0.25, -0.2) is 14.8 Å². The first-order valence-corrected chi connectivity index (χ1v) is 6.65. The van der Waals surface area contributed by atoms with Gasteiger partial charge in [-0.2, -0.15) is 5.26 Å². The smallest absolute Gasteiger partial charge is 0.356 e. The number of hydrogen-bond acceptors (Lipinski definition) is 5. The minimum Gasteiger partial charge on any atom is -0.476 e. The van der Waals surface area contributed by atoms with Crippen molar-refractivity contribution < 1.29 is 9.90 Å². The van der Waals surface area contributed by atoms with E-state index in [2.05, 4.69) is 16.0 Å². The lowest BCUT2D eigenvalue weighted by Crippen LogP contribution is -2.30. The first kappa shape index (κ1) is 15.9. The van der Waals surface area contributed by atoms with Gasteiger partial charge in [0.05, 0.1) is 23.9 Å². The molecule has 6 nitrogen and oxygen atoms in total. The average Bonchev–Trinajstić information content (AvgIpc) is 2.43. The van der Waals surface area contributed by atoms with E-state index in [1.807, 2.05) is 25.7 Å². The van der Waals surface area contributed by atoms with E-state index >= 15 is 0 Å². The summed E-state index contributed by atoms with van der Waals surface area (Å²) in [6.45, 7) is 8.58. The van der Waals surface area contributed by atoms with Gasteiger partial charge in [0.15, 0.2) is 5.69 Å². The van der Waals surface area contributed by atoms with Crippen molar-refractivity contribution in [3.05, 3.63) is 17.7 Å². The first-order valence-electron chi connectivity index (χ1n) is 6.65. The maximum absolute atomic E-state index is 11.4. The fraction of sp³-hybridized carbons (Fsp3) is 0.571. The van der Waals surface area contributed by atoms with Crippen LogP contribution in [0.2, 0.25) is 0 Å². The van der Waals surface area contributed by atoms with Crippen LogP contribution in [0, 0.1) is 17.2 Å². The zero-order chi connectivity index (χ0) is 15.3. The monoisotopic (exact) mass is 276 g/mol. The molecule has 1 unspecified atom stereocenters. The van der Waals surface area contributed by atoms with Gasteiger partial charge in [0.25, 0.3) is 0 Å². The van der Waals surface area contributed by atoms with Gasteiger partial charge in [-0.05, 0) is 13.8 Å². The molecule has 1 atom stereocenters. The third kappa shape index (κ3) is 3.67. The van der Waals surface area contributed by atoms with Gasteiger partial charge in [-0.3, -0.25) is 0 Å². The molecule has 0 bridgehead atoms. The van der Waals surface area contributed by atoms with Crippen LogP contribution in [0.3, 0.4) is 0 Å². The molecular weight excluding hydrogens is 256 g/mol. The van der Waals surface area contributed by atoms with Gasteiger partial charge < -0.3 is 10.0 Å². The zero-order valence-corrected chi connectivity index (χ0v) is 12.3. The van der Waals surface area contributed by atoms with Crippen molar-refractivity contribution in [1.82, 2.24) is 9.97 Å². The number of anilines is 1. The second kappa shape index (κ2) is 6.85. The van der Waals surface area contributed by atoms with Crippen molar-refractivity contribution in [3.63, 3.8) is 0 Å². The molecule has 0 amide bonds. The Balaban J connectivity index is 3.21. The fourth-order valence-electron chi connectivity index (χ4n) is 1.83. The molecule has 0 aliphatic heterocycles. The second-order valence-corrected chi connectivity index (χ2v) is 4.99. The van der Waals surface area contributed by atoms with E-state index in [1.165, 1.54) is 0 Å². The SMILES string of the molecule is CCN(CC(C)C#N)c1cnc(C(C)C)nc1C(=O)O. The molecule has 0 aromatic carbocycles. The van der Waals surface area contributed by atoms with E-state index in [4.69, 9.17) is 5.26 Å². The lowest BCUT2D eigenvalue weighted by molar-refractivity contribution is 0.0690. The lowest BCUT2D eigenvalue weighted by atomic mass is 10.1. The lowest BCUT2D eigenvalue weighted by Gasteiger charge is -2.25. The van der Waals surface area contributed by atoms with Gasteiger partial charge in [0.2, 0.25) is 0 Å². The Morgan fingerprint density at radius 3 is 2.60 bits per heavy atom. The number of carboxylic acids is 1. The summed E-state index contributed by atoms with van der Waals surface area (Å²) in [6.07, 6.45) is 1.54. The number of hydrogen-bond donors (Lipinski definition) is 1. The molecule has 0 aliphatic carbocycles. The largest absolute Gasteiger partial charge is 0.476 e. The van der Waals surface area contributed by atoms with Gasteiger partial charge in [-0.15, -0.1) is 0 Å². The highest BCUT2D eigenvalue weighted by Crippen LogP contribution is 2.21. The van der Waals surface area contributed by atoms with E-state index in [0.29, 0.717) is 24.6 Å². The molecule has 0 fully saturated rings.